The standard InChI is InChI=1S/C50H36N2/c1-2-16-45(17-3-1)51(48-31-24-39-10-4-7-13-42(39)34-48)46-27-20-37(21-28-46)18-19-38-22-29-47(30-23-38)52(49-32-25-40-11-5-8-14-43(40)35-49)50-33-26-41-12-6-9-15-44(41)36-50/h1-36H. The van der Waals surface area contributed by atoms with Gasteiger partial charge < -0.3 is 9.80 Å². The molecule has 0 unspecified atom stereocenters. The molecule has 0 spiro atoms. The third-order valence-electron chi connectivity index (χ3n) is 9.76. The first-order chi connectivity index (χ1) is 25.7. The minimum atomic E-state index is 1.11. The maximum absolute atomic E-state index is 2.35. The first-order valence-corrected chi connectivity index (χ1v) is 17.8. The predicted octanol–water partition coefficient (Wildman–Crippen LogP) is 14.3. The van der Waals surface area contributed by atoms with Crippen LogP contribution in [0.15, 0.2) is 206 Å². The van der Waals surface area contributed by atoms with Crippen molar-refractivity contribution in [1.82, 2.24) is 0 Å². The van der Waals surface area contributed by atoms with Crippen LogP contribution in [-0.4, -0.2) is 0 Å². The summed E-state index contributed by atoms with van der Waals surface area (Å²) in [6, 6.07) is 73.9. The Morgan fingerprint density at radius 2 is 0.519 bits per heavy atom. The first kappa shape index (κ1) is 31.1. The topological polar surface area (TPSA) is 6.48 Å². The molecule has 0 bridgehead atoms. The Labute approximate surface area is 304 Å². The quantitative estimate of drug-likeness (QED) is 0.149. The molecule has 0 aliphatic heterocycles. The molecule has 0 aliphatic carbocycles. The highest BCUT2D eigenvalue weighted by Crippen LogP contribution is 2.39. The summed E-state index contributed by atoms with van der Waals surface area (Å²) in [6.45, 7) is 0. The molecule has 0 amide bonds. The van der Waals surface area contributed by atoms with Crippen molar-refractivity contribution in [3.8, 4) is 0 Å². The molecule has 0 atom stereocenters. The summed E-state index contributed by atoms with van der Waals surface area (Å²) in [5, 5.41) is 7.38. The Morgan fingerprint density at radius 1 is 0.231 bits per heavy atom. The van der Waals surface area contributed by atoms with Crippen molar-refractivity contribution in [3.05, 3.63) is 217 Å². The van der Waals surface area contributed by atoms with Crippen LogP contribution in [0.2, 0.25) is 0 Å². The van der Waals surface area contributed by atoms with Crippen LogP contribution in [-0.2, 0) is 0 Å². The summed E-state index contributed by atoms with van der Waals surface area (Å²) >= 11 is 0. The zero-order valence-electron chi connectivity index (χ0n) is 28.7. The van der Waals surface area contributed by atoms with Crippen LogP contribution < -0.4 is 9.80 Å². The summed E-state index contributed by atoms with van der Waals surface area (Å²) in [7, 11) is 0. The first-order valence-electron chi connectivity index (χ1n) is 17.8. The maximum atomic E-state index is 2.35. The van der Waals surface area contributed by atoms with E-state index in [2.05, 4.69) is 228 Å². The average molecular weight is 665 g/mol. The van der Waals surface area contributed by atoms with E-state index in [1.165, 1.54) is 32.3 Å². The lowest BCUT2D eigenvalue weighted by molar-refractivity contribution is 1.29. The van der Waals surface area contributed by atoms with E-state index in [9.17, 15) is 0 Å². The maximum Gasteiger partial charge on any atom is 0.0468 e. The lowest BCUT2D eigenvalue weighted by Crippen LogP contribution is -2.09. The number of nitrogens with zero attached hydrogens (tertiary/aromatic N) is 2. The largest absolute Gasteiger partial charge is 0.310 e. The molecule has 9 rings (SSSR count). The van der Waals surface area contributed by atoms with Crippen LogP contribution in [0, 0.1) is 0 Å². The van der Waals surface area contributed by atoms with Crippen molar-refractivity contribution in [3.63, 3.8) is 0 Å². The van der Waals surface area contributed by atoms with Gasteiger partial charge in [-0.1, -0.05) is 146 Å². The van der Waals surface area contributed by atoms with E-state index >= 15 is 0 Å². The predicted molar refractivity (Wildman–Crippen MR) is 224 cm³/mol. The van der Waals surface area contributed by atoms with Gasteiger partial charge in [-0.2, -0.15) is 0 Å². The molecule has 2 heteroatoms. The van der Waals surface area contributed by atoms with Crippen LogP contribution >= 0.6 is 0 Å². The van der Waals surface area contributed by atoms with Crippen molar-refractivity contribution in [2.75, 3.05) is 9.80 Å². The number of para-hydroxylation sites is 1. The Bertz CT molecular complexity index is 2600. The lowest BCUT2D eigenvalue weighted by atomic mass is 10.1. The molecular formula is C50H36N2. The second kappa shape index (κ2) is 13.8. The molecule has 9 aromatic carbocycles. The number of benzene rings is 9. The molecule has 0 saturated heterocycles. The van der Waals surface area contributed by atoms with Gasteiger partial charge >= 0.3 is 0 Å². The molecule has 0 aliphatic rings. The van der Waals surface area contributed by atoms with Gasteiger partial charge in [0.2, 0.25) is 0 Å². The van der Waals surface area contributed by atoms with Crippen LogP contribution in [0.25, 0.3) is 44.5 Å². The smallest absolute Gasteiger partial charge is 0.0468 e. The fraction of sp³-hybridized carbons (Fsp3) is 0. The number of rotatable bonds is 8. The van der Waals surface area contributed by atoms with Gasteiger partial charge in [0.1, 0.15) is 0 Å². The van der Waals surface area contributed by atoms with Gasteiger partial charge in [0.05, 0.1) is 0 Å². The van der Waals surface area contributed by atoms with Crippen LogP contribution in [0.5, 0.6) is 0 Å². The summed E-state index contributed by atoms with van der Waals surface area (Å²) < 4.78 is 0. The van der Waals surface area contributed by atoms with E-state index in [1.54, 1.807) is 0 Å². The number of hydrogen-bond acceptors (Lipinski definition) is 2. The van der Waals surface area contributed by atoms with E-state index < -0.39 is 0 Å². The Balaban J connectivity index is 1.00. The van der Waals surface area contributed by atoms with E-state index in [0.717, 1.165) is 45.3 Å². The Morgan fingerprint density at radius 3 is 0.904 bits per heavy atom. The van der Waals surface area contributed by atoms with Gasteiger partial charge in [-0.15, -0.1) is 0 Å². The molecule has 0 heterocycles. The third-order valence-corrected chi connectivity index (χ3v) is 9.76. The minimum Gasteiger partial charge on any atom is -0.310 e. The molecule has 246 valence electrons. The van der Waals surface area contributed by atoms with E-state index in [-0.39, 0.29) is 0 Å². The molecule has 0 saturated carbocycles. The molecule has 0 radical (unpaired) electrons. The average Bonchev–Trinajstić information content (AvgIpc) is 3.21. The normalized spacial score (nSPS) is 11.4. The van der Waals surface area contributed by atoms with Gasteiger partial charge in [0.15, 0.2) is 0 Å². The van der Waals surface area contributed by atoms with E-state index in [1.807, 2.05) is 0 Å². The highest BCUT2D eigenvalue weighted by molar-refractivity contribution is 5.93. The monoisotopic (exact) mass is 664 g/mol. The van der Waals surface area contributed by atoms with Gasteiger partial charge in [-0.25, -0.2) is 0 Å². The minimum absolute atomic E-state index is 1.11. The molecule has 2 nitrogen and oxygen atoms in total. The molecule has 9 aromatic rings. The number of fused-ring (bicyclic) bond motifs is 3. The van der Waals surface area contributed by atoms with Crippen LogP contribution in [0.4, 0.5) is 34.1 Å². The fourth-order valence-electron chi connectivity index (χ4n) is 7.08. The van der Waals surface area contributed by atoms with Gasteiger partial charge in [-0.3, -0.25) is 0 Å². The molecular weight excluding hydrogens is 629 g/mol. The summed E-state index contributed by atoms with van der Waals surface area (Å²) in [4.78, 5) is 4.66. The highest BCUT2D eigenvalue weighted by Gasteiger charge is 2.15. The van der Waals surface area contributed by atoms with Crippen molar-refractivity contribution in [2.45, 2.75) is 0 Å². The van der Waals surface area contributed by atoms with E-state index in [4.69, 9.17) is 0 Å². The van der Waals surface area contributed by atoms with E-state index in [0.29, 0.717) is 0 Å². The van der Waals surface area contributed by atoms with Crippen LogP contribution in [0.1, 0.15) is 11.1 Å². The zero-order chi connectivity index (χ0) is 34.7. The second-order valence-electron chi connectivity index (χ2n) is 13.1. The number of anilines is 6. The Kier molecular flexibility index (Phi) is 8.24. The molecule has 52 heavy (non-hydrogen) atoms. The van der Waals surface area contributed by atoms with Crippen molar-refractivity contribution in [2.24, 2.45) is 0 Å². The van der Waals surface area contributed by atoms with Gasteiger partial charge in [-0.05, 0) is 116 Å². The fourth-order valence-corrected chi connectivity index (χ4v) is 7.08. The van der Waals surface area contributed by atoms with Crippen molar-refractivity contribution >= 4 is 78.6 Å². The molecule has 0 fully saturated rings. The van der Waals surface area contributed by atoms with Crippen molar-refractivity contribution in [1.29, 1.82) is 0 Å². The summed E-state index contributed by atoms with van der Waals surface area (Å²) in [5.41, 5.74) is 9.04. The van der Waals surface area contributed by atoms with Crippen LogP contribution in [0.3, 0.4) is 0 Å². The van der Waals surface area contributed by atoms with Gasteiger partial charge in [0.25, 0.3) is 0 Å². The number of hydrogen-bond donors (Lipinski definition) is 0. The zero-order valence-corrected chi connectivity index (χ0v) is 28.7. The molecule has 0 aromatic heterocycles. The SMILES string of the molecule is C(=Cc1ccc(N(c2ccc3ccccc3c2)c2ccc3ccccc3c2)cc1)c1ccc(N(c2ccccc2)c2ccc3ccccc3c2)cc1. The molecule has 0 N–H and O–H groups in total. The summed E-state index contributed by atoms with van der Waals surface area (Å²) in [6.07, 6.45) is 4.37. The third kappa shape index (κ3) is 6.30. The highest BCUT2D eigenvalue weighted by atomic mass is 15.1. The Hall–Kier alpha value is -6.90. The van der Waals surface area contributed by atoms with Crippen molar-refractivity contribution < 1.29 is 0 Å². The lowest BCUT2D eigenvalue weighted by Gasteiger charge is -2.26. The van der Waals surface area contributed by atoms with Gasteiger partial charge in [0, 0.05) is 34.1 Å². The second-order valence-corrected chi connectivity index (χ2v) is 13.1. The summed E-state index contributed by atoms with van der Waals surface area (Å²) in [5.74, 6) is 0.